The number of para-hydroxylation sites is 1. The van der Waals surface area contributed by atoms with Crippen LogP contribution in [0.5, 0.6) is 0 Å². The van der Waals surface area contributed by atoms with Gasteiger partial charge in [0, 0.05) is 0 Å². The Labute approximate surface area is 234 Å². The third-order valence-electron chi connectivity index (χ3n) is 8.36. The number of allylic oxidation sites excluding steroid dienone is 3. The molecule has 0 amide bonds. The molecule has 2 saturated carbocycles. The average Bonchev–Trinajstić information content (AvgIpc) is 3.54. The molecule has 6 rings (SSSR count). The Kier molecular flexibility index (Phi) is 6.35. The summed E-state index contributed by atoms with van der Waals surface area (Å²) in [4.78, 5) is 12.9. The van der Waals surface area contributed by atoms with Gasteiger partial charge in [-0.1, -0.05) is 0 Å². The zero-order chi connectivity index (χ0) is 27.7. The van der Waals surface area contributed by atoms with Crippen LogP contribution in [0.1, 0.15) is 43.4 Å². The predicted molar refractivity (Wildman–Crippen MR) is 134 cm³/mol. The fourth-order valence-corrected chi connectivity index (χ4v) is 8.31. The van der Waals surface area contributed by atoms with E-state index in [9.17, 15) is 23.1 Å². The minimum atomic E-state index is -4.57. The van der Waals surface area contributed by atoms with E-state index in [0.717, 1.165) is 17.2 Å². The standard InChI is InChI=1S/C30H27F4INO3/c1-29(2)9-10-36(23-6-4-3-5-21(23)30(32,33)34)27-22(29)8-7-16(26(27)31)15-39-18-11-17-12-19-24(25(19)28(37)38)20(17)14-35-13-18/h3-8,11,13-14,19,24-25H,9-10,12,15H2,1-2H3,(H,37,38)/q-1/t19-,24-,25+/m1/s1. The molecule has 0 saturated heterocycles. The van der Waals surface area contributed by atoms with Crippen LogP contribution in [0.4, 0.5) is 28.9 Å². The van der Waals surface area contributed by atoms with Gasteiger partial charge in [0.25, 0.3) is 0 Å². The number of halogens is 5. The van der Waals surface area contributed by atoms with Crippen molar-refractivity contribution in [3.05, 3.63) is 90.1 Å². The predicted octanol–water partition coefficient (Wildman–Crippen LogP) is 4.29. The van der Waals surface area contributed by atoms with Crippen LogP contribution < -0.4 is 26.1 Å². The van der Waals surface area contributed by atoms with Gasteiger partial charge in [0.2, 0.25) is 0 Å². The van der Waals surface area contributed by atoms with Crippen LogP contribution in [0.2, 0.25) is 0 Å². The Hall–Kier alpha value is -2.82. The first-order valence-electron chi connectivity index (χ1n) is 12.8. The van der Waals surface area contributed by atoms with Gasteiger partial charge in [0.1, 0.15) is 0 Å². The Morgan fingerprint density at radius 1 is 1.18 bits per heavy atom. The van der Waals surface area contributed by atoms with Gasteiger partial charge in [-0.3, -0.25) is 0 Å². The summed E-state index contributed by atoms with van der Waals surface area (Å²) in [6.45, 7) is 4.15. The van der Waals surface area contributed by atoms with E-state index < -0.39 is 50.1 Å². The summed E-state index contributed by atoms with van der Waals surface area (Å²) in [6.07, 6.45) is -1.35. The Morgan fingerprint density at radius 3 is 2.69 bits per heavy atom. The molecule has 3 atom stereocenters. The van der Waals surface area contributed by atoms with Crippen molar-refractivity contribution in [3.8, 4) is 0 Å². The van der Waals surface area contributed by atoms with Gasteiger partial charge in [-0.15, -0.1) is 0 Å². The summed E-state index contributed by atoms with van der Waals surface area (Å²) in [6, 6.07) is 8.78. The minimum absolute atomic E-state index is 0.0576. The zero-order valence-corrected chi connectivity index (χ0v) is 23.5. The molecule has 2 aliphatic heterocycles. The number of carbonyl (C=O) groups is 1. The van der Waals surface area contributed by atoms with E-state index in [0.29, 0.717) is 24.2 Å². The van der Waals surface area contributed by atoms with Crippen molar-refractivity contribution < 1.29 is 53.4 Å². The summed E-state index contributed by atoms with van der Waals surface area (Å²) < 4.78 is 68.0. The molecule has 4 aliphatic rings. The Morgan fingerprint density at radius 2 is 1.95 bits per heavy atom. The fourth-order valence-electron chi connectivity index (χ4n) is 6.21. The van der Waals surface area contributed by atoms with Gasteiger partial charge < -0.3 is 0 Å². The normalized spacial score (nSPS) is 25.1. The van der Waals surface area contributed by atoms with Crippen molar-refractivity contribution in [3.63, 3.8) is 0 Å². The molecule has 0 unspecified atom stereocenters. The molecule has 2 aliphatic carbocycles. The second kappa shape index (κ2) is 9.38. The molecule has 4 nitrogen and oxygen atoms in total. The number of anilines is 2. The summed E-state index contributed by atoms with van der Waals surface area (Å²) in [7, 11) is 0. The van der Waals surface area contributed by atoms with E-state index >= 15 is 4.39 Å². The maximum absolute atomic E-state index is 16.2. The monoisotopic (exact) mass is 652 g/mol. The van der Waals surface area contributed by atoms with E-state index in [2.05, 4.69) is 4.08 Å². The van der Waals surface area contributed by atoms with Crippen molar-refractivity contribution >= 4 is 17.3 Å². The van der Waals surface area contributed by atoms with Gasteiger partial charge in [0.05, 0.1) is 0 Å². The van der Waals surface area contributed by atoms with Gasteiger partial charge >= 0.3 is 235 Å². The van der Waals surface area contributed by atoms with Crippen LogP contribution in [0.15, 0.2) is 67.5 Å². The molecule has 9 heteroatoms. The molecular weight excluding hydrogens is 625 g/mol. The number of fused-ring (bicyclic) bond motifs is 4. The summed E-state index contributed by atoms with van der Waals surface area (Å²) in [5, 5.41) is 9.40. The van der Waals surface area contributed by atoms with Crippen LogP contribution in [0, 0.1) is 23.6 Å². The zero-order valence-electron chi connectivity index (χ0n) is 21.4. The fraction of sp³-hybridized carbons (Fsp3) is 0.367. The number of hydrogen-bond donors (Lipinski definition) is 1. The van der Waals surface area contributed by atoms with Crippen molar-refractivity contribution in [1.29, 1.82) is 0 Å². The van der Waals surface area contributed by atoms with E-state index in [4.69, 9.17) is 4.74 Å². The first-order chi connectivity index (χ1) is 18.5. The van der Waals surface area contributed by atoms with Crippen LogP contribution >= 0.6 is 0 Å². The Balaban J connectivity index is 1.28. The van der Waals surface area contributed by atoms with Crippen molar-refractivity contribution in [2.45, 2.75) is 44.9 Å². The summed E-state index contributed by atoms with van der Waals surface area (Å²) >= 11 is -0.495. The number of carboxylic acid groups (broad SMARTS) is 1. The molecule has 1 N–H and O–H groups in total. The number of carboxylic acids is 1. The molecule has 206 valence electrons. The van der Waals surface area contributed by atoms with Crippen LogP contribution in [-0.4, -0.2) is 17.6 Å². The van der Waals surface area contributed by atoms with E-state index in [1.165, 1.54) is 23.1 Å². The molecule has 2 fully saturated rings. The van der Waals surface area contributed by atoms with Crippen molar-refractivity contribution in [2.75, 3.05) is 11.4 Å². The molecular formula is C30H27F4INO3-. The molecule has 0 bridgehead atoms. The van der Waals surface area contributed by atoms with Crippen LogP contribution in [0.25, 0.3) is 0 Å². The molecule has 39 heavy (non-hydrogen) atoms. The topological polar surface area (TPSA) is 49.8 Å². The number of benzene rings is 2. The first kappa shape index (κ1) is 26.4. The van der Waals surface area contributed by atoms with Gasteiger partial charge in [-0.25, -0.2) is 0 Å². The quantitative estimate of drug-likeness (QED) is 0.387. The number of rotatable bonds is 5. The van der Waals surface area contributed by atoms with E-state index in [1.54, 1.807) is 6.07 Å². The SMILES string of the molecule is CC1(C)CCN(c2ccccc2C(F)(F)F)c2c1ccc(COC1=C[I-]C=C3C(=C1)C[C@H]1[C@H](C(=O)O)[C@@H]31)c2F. The number of nitrogens with zero attached hydrogens (tertiary/aromatic N) is 1. The number of alkyl halides is 3. The molecule has 2 heterocycles. The van der Waals surface area contributed by atoms with Gasteiger partial charge in [-0.05, 0) is 0 Å². The second-order valence-electron chi connectivity index (χ2n) is 11.2. The van der Waals surface area contributed by atoms with Gasteiger partial charge in [0.15, 0.2) is 0 Å². The maximum atomic E-state index is 16.2. The van der Waals surface area contributed by atoms with Crippen molar-refractivity contribution in [2.24, 2.45) is 17.8 Å². The molecule has 0 spiro atoms. The summed E-state index contributed by atoms with van der Waals surface area (Å²) in [5.74, 6) is -0.731. The van der Waals surface area contributed by atoms with E-state index in [1.807, 2.05) is 30.1 Å². The first-order valence-corrected chi connectivity index (χ1v) is 15.3. The Bertz CT molecular complexity index is 1460. The molecule has 2 aromatic rings. The number of aliphatic carboxylic acids is 1. The third-order valence-corrected chi connectivity index (χ3v) is 10.4. The van der Waals surface area contributed by atoms with E-state index in [-0.39, 0.29) is 47.8 Å². The molecule has 2 aromatic carbocycles. The van der Waals surface area contributed by atoms with Crippen molar-refractivity contribution in [1.82, 2.24) is 0 Å². The van der Waals surface area contributed by atoms with Crippen LogP contribution in [0.3, 0.4) is 0 Å². The summed E-state index contributed by atoms with van der Waals surface area (Å²) in [5.41, 5.74) is 2.07. The molecule has 0 radical (unpaired) electrons. The average molecular weight is 652 g/mol. The van der Waals surface area contributed by atoms with Gasteiger partial charge in [-0.2, -0.15) is 0 Å². The van der Waals surface area contributed by atoms with Crippen LogP contribution in [-0.2, 0) is 27.7 Å². The number of ether oxygens (including phenoxy) is 1. The third kappa shape index (κ3) is 4.56. The molecule has 0 aromatic heterocycles. The second-order valence-corrected chi connectivity index (χ2v) is 13.1. The number of hydrogen-bond acceptors (Lipinski definition) is 3.